The van der Waals surface area contributed by atoms with E-state index in [2.05, 4.69) is 36.2 Å². The standard InChI is InChI=1S/C24H22BrN7O2/c1-12-4-2-5-14-20-22(26)27-11-28-23(20)31(21(12)14)10-19(33)32-15-8-13(15)9-16(32)24(34)30-18-7-3-6-17(25)29-18/h2-7,11,13,15-16H,8-10H2,1H3,(H2,26,27,28)(H,29,30,34)/t13-,15-,16+/m1/s1. The lowest BCUT2D eigenvalue weighted by Gasteiger charge is -2.27. The van der Waals surface area contributed by atoms with E-state index in [1.54, 1.807) is 23.1 Å². The van der Waals surface area contributed by atoms with Crippen molar-refractivity contribution in [3.05, 3.63) is 52.9 Å². The monoisotopic (exact) mass is 519 g/mol. The minimum Gasteiger partial charge on any atom is -0.383 e. The molecule has 34 heavy (non-hydrogen) atoms. The van der Waals surface area contributed by atoms with Gasteiger partial charge in [-0.3, -0.25) is 9.59 Å². The topological polar surface area (TPSA) is 119 Å². The maximum Gasteiger partial charge on any atom is 0.248 e. The first-order valence-corrected chi connectivity index (χ1v) is 11.9. The Hall–Kier alpha value is -3.53. The molecule has 6 rings (SSSR count). The third kappa shape index (κ3) is 3.32. The fourth-order valence-corrected chi connectivity index (χ4v) is 5.63. The Balaban J connectivity index is 1.34. The number of fused-ring (bicyclic) bond motifs is 4. The predicted molar refractivity (Wildman–Crippen MR) is 132 cm³/mol. The van der Waals surface area contributed by atoms with E-state index >= 15 is 0 Å². The number of anilines is 2. The van der Waals surface area contributed by atoms with Gasteiger partial charge in [-0.2, -0.15) is 0 Å². The molecule has 1 saturated carbocycles. The normalized spacial score (nSPS) is 21.1. The maximum atomic E-state index is 13.7. The highest BCUT2D eigenvalue weighted by molar-refractivity contribution is 9.10. The van der Waals surface area contributed by atoms with E-state index in [1.807, 2.05) is 29.7 Å². The van der Waals surface area contributed by atoms with Crippen LogP contribution in [0.1, 0.15) is 18.4 Å². The average Bonchev–Trinajstić information content (AvgIpc) is 3.33. The molecule has 172 valence electrons. The van der Waals surface area contributed by atoms with Gasteiger partial charge in [0.05, 0.1) is 10.9 Å². The highest BCUT2D eigenvalue weighted by Crippen LogP contribution is 2.48. The van der Waals surface area contributed by atoms with Gasteiger partial charge in [0.1, 0.15) is 40.8 Å². The number of hydrogen-bond acceptors (Lipinski definition) is 6. The predicted octanol–water partition coefficient (Wildman–Crippen LogP) is 3.26. The SMILES string of the molecule is Cc1cccc2c3c(N)ncnc3n(CC(=O)N3[C@@H]4C[C@@H]4C[C@H]3C(=O)Nc3cccc(Br)n3)c12. The van der Waals surface area contributed by atoms with Gasteiger partial charge in [-0.05, 0) is 59.3 Å². The number of amides is 2. The largest absolute Gasteiger partial charge is 0.383 e. The van der Waals surface area contributed by atoms with Gasteiger partial charge in [0.15, 0.2) is 0 Å². The van der Waals surface area contributed by atoms with Crippen molar-refractivity contribution in [3.63, 3.8) is 0 Å². The molecule has 1 aliphatic carbocycles. The maximum absolute atomic E-state index is 13.7. The van der Waals surface area contributed by atoms with Crippen molar-refractivity contribution in [1.29, 1.82) is 0 Å². The van der Waals surface area contributed by atoms with Crippen LogP contribution in [0.3, 0.4) is 0 Å². The lowest BCUT2D eigenvalue weighted by atomic mass is 10.1. The zero-order valence-corrected chi connectivity index (χ0v) is 20.0. The van der Waals surface area contributed by atoms with E-state index in [9.17, 15) is 9.59 Å². The second-order valence-corrected chi connectivity index (χ2v) is 9.78. The summed E-state index contributed by atoms with van der Waals surface area (Å²) in [5.74, 6) is 0.891. The Morgan fingerprint density at radius 1 is 1.18 bits per heavy atom. The summed E-state index contributed by atoms with van der Waals surface area (Å²) in [5.41, 5.74) is 8.74. The Bertz CT molecular complexity index is 1480. The minimum atomic E-state index is -0.522. The van der Waals surface area contributed by atoms with Crippen molar-refractivity contribution < 1.29 is 9.59 Å². The Kier molecular flexibility index (Phi) is 4.80. The van der Waals surface area contributed by atoms with Gasteiger partial charge in [-0.15, -0.1) is 0 Å². The van der Waals surface area contributed by atoms with Crippen LogP contribution in [0.15, 0.2) is 47.3 Å². The van der Waals surface area contributed by atoms with Crippen molar-refractivity contribution in [3.8, 4) is 0 Å². The van der Waals surface area contributed by atoms with E-state index in [0.717, 1.165) is 28.3 Å². The van der Waals surface area contributed by atoms with Crippen LogP contribution >= 0.6 is 15.9 Å². The van der Waals surface area contributed by atoms with Gasteiger partial charge < -0.3 is 20.5 Å². The lowest BCUT2D eigenvalue weighted by molar-refractivity contribution is -0.138. The molecule has 2 fully saturated rings. The molecular formula is C24H22BrN7O2. The highest BCUT2D eigenvalue weighted by Gasteiger charge is 2.56. The zero-order chi connectivity index (χ0) is 23.6. The molecule has 3 aromatic heterocycles. The van der Waals surface area contributed by atoms with Crippen LogP contribution < -0.4 is 11.1 Å². The summed E-state index contributed by atoms with van der Waals surface area (Å²) in [6.45, 7) is 2.07. The van der Waals surface area contributed by atoms with E-state index in [4.69, 9.17) is 5.73 Å². The molecule has 0 unspecified atom stereocenters. The number of nitrogens with two attached hydrogens (primary N) is 1. The van der Waals surface area contributed by atoms with Crippen molar-refractivity contribution >= 4 is 61.3 Å². The molecule has 1 saturated heterocycles. The van der Waals surface area contributed by atoms with Crippen molar-refractivity contribution in [1.82, 2.24) is 24.4 Å². The van der Waals surface area contributed by atoms with Gasteiger partial charge in [0.2, 0.25) is 11.8 Å². The van der Waals surface area contributed by atoms with Crippen molar-refractivity contribution in [2.45, 2.75) is 38.4 Å². The lowest BCUT2D eigenvalue weighted by Crippen LogP contribution is -2.46. The van der Waals surface area contributed by atoms with E-state index in [0.29, 0.717) is 34.2 Å². The zero-order valence-electron chi connectivity index (χ0n) is 18.4. The summed E-state index contributed by atoms with van der Waals surface area (Å²) < 4.78 is 2.54. The van der Waals surface area contributed by atoms with Crippen molar-refractivity contribution in [2.24, 2.45) is 5.92 Å². The van der Waals surface area contributed by atoms with Crippen LogP contribution in [0.5, 0.6) is 0 Å². The summed E-state index contributed by atoms with van der Waals surface area (Å²) in [4.78, 5) is 41.5. The van der Waals surface area contributed by atoms with Crippen LogP contribution in [-0.2, 0) is 16.1 Å². The molecule has 0 radical (unpaired) electrons. The number of aryl methyl sites for hydroxylation is 1. The van der Waals surface area contributed by atoms with E-state index in [1.165, 1.54) is 6.33 Å². The van der Waals surface area contributed by atoms with Gasteiger partial charge in [-0.1, -0.05) is 24.3 Å². The second-order valence-electron chi connectivity index (χ2n) is 8.97. The van der Waals surface area contributed by atoms with Crippen LogP contribution in [0.2, 0.25) is 0 Å². The number of benzene rings is 1. The number of pyridine rings is 1. The molecule has 1 aliphatic heterocycles. The molecule has 4 aromatic rings. The number of para-hydroxylation sites is 1. The van der Waals surface area contributed by atoms with Gasteiger partial charge in [0, 0.05) is 11.4 Å². The highest BCUT2D eigenvalue weighted by atomic mass is 79.9. The number of nitrogens with one attached hydrogen (secondary N) is 1. The summed E-state index contributed by atoms with van der Waals surface area (Å²) >= 11 is 3.32. The van der Waals surface area contributed by atoms with Crippen molar-refractivity contribution in [2.75, 3.05) is 11.1 Å². The first kappa shape index (κ1) is 21.0. The minimum absolute atomic E-state index is 0.0729. The number of hydrogen-bond donors (Lipinski definition) is 2. The number of nitrogen functional groups attached to an aromatic ring is 1. The Labute approximate surface area is 203 Å². The molecule has 9 nitrogen and oxygen atoms in total. The molecule has 0 spiro atoms. The van der Waals surface area contributed by atoms with Gasteiger partial charge >= 0.3 is 0 Å². The quantitative estimate of drug-likeness (QED) is 0.399. The first-order valence-electron chi connectivity index (χ1n) is 11.1. The van der Waals surface area contributed by atoms with Crippen LogP contribution in [-0.4, -0.2) is 48.3 Å². The number of likely N-dealkylation sites (tertiary alicyclic amines) is 1. The molecule has 3 N–H and O–H groups in total. The number of rotatable bonds is 4. The average molecular weight is 520 g/mol. The van der Waals surface area contributed by atoms with Crippen LogP contribution in [0.4, 0.5) is 11.6 Å². The molecule has 10 heteroatoms. The molecule has 2 aliphatic rings. The summed E-state index contributed by atoms with van der Waals surface area (Å²) in [6, 6.07) is 10.8. The summed E-state index contributed by atoms with van der Waals surface area (Å²) in [7, 11) is 0. The van der Waals surface area contributed by atoms with Gasteiger partial charge in [-0.25, -0.2) is 15.0 Å². The van der Waals surface area contributed by atoms with Crippen LogP contribution in [0.25, 0.3) is 21.9 Å². The van der Waals surface area contributed by atoms with E-state index in [-0.39, 0.29) is 24.4 Å². The number of carbonyl (C=O) groups is 2. The third-order valence-electron chi connectivity index (χ3n) is 6.84. The number of halogens is 1. The Morgan fingerprint density at radius 2 is 2.00 bits per heavy atom. The first-order chi connectivity index (χ1) is 16.4. The Morgan fingerprint density at radius 3 is 2.82 bits per heavy atom. The summed E-state index contributed by atoms with van der Waals surface area (Å²) in [5, 5.41) is 4.53. The number of carbonyl (C=O) groups excluding carboxylic acids is 2. The fraction of sp³-hybridized carbons (Fsp3) is 0.292. The number of aromatic nitrogens is 4. The number of nitrogens with zero attached hydrogens (tertiary/aromatic N) is 5. The summed E-state index contributed by atoms with van der Waals surface area (Å²) in [6.07, 6.45) is 3.02. The van der Waals surface area contributed by atoms with E-state index < -0.39 is 6.04 Å². The third-order valence-corrected chi connectivity index (χ3v) is 7.29. The molecule has 4 heterocycles. The molecule has 0 bridgehead atoms. The molecular weight excluding hydrogens is 498 g/mol. The number of piperidine rings is 1. The second kappa shape index (κ2) is 7.76. The smallest absolute Gasteiger partial charge is 0.248 e. The van der Waals surface area contributed by atoms with Crippen LogP contribution in [0, 0.1) is 12.8 Å². The van der Waals surface area contributed by atoms with Gasteiger partial charge in [0.25, 0.3) is 0 Å². The fourth-order valence-electron chi connectivity index (χ4n) is 5.28. The molecule has 1 aromatic carbocycles. The molecule has 2 amide bonds. The molecule has 3 atom stereocenters.